The van der Waals surface area contributed by atoms with Crippen molar-refractivity contribution < 1.29 is 9.53 Å². The van der Waals surface area contributed by atoms with E-state index in [0.717, 1.165) is 30.7 Å². The summed E-state index contributed by atoms with van der Waals surface area (Å²) in [7, 11) is 0. The molecule has 0 amide bonds. The first kappa shape index (κ1) is 17.7. The molecule has 0 aliphatic heterocycles. The van der Waals surface area contributed by atoms with Crippen LogP contribution in [0.1, 0.15) is 49.3 Å². The summed E-state index contributed by atoms with van der Waals surface area (Å²) in [5.41, 5.74) is 1.02. The van der Waals surface area contributed by atoms with Gasteiger partial charge >= 0.3 is 5.97 Å². The molecule has 24 heavy (non-hydrogen) atoms. The summed E-state index contributed by atoms with van der Waals surface area (Å²) < 4.78 is 5.27. The second kappa shape index (κ2) is 7.73. The van der Waals surface area contributed by atoms with Crippen LogP contribution in [0.5, 0.6) is 0 Å². The van der Waals surface area contributed by atoms with Gasteiger partial charge in [0.1, 0.15) is 5.82 Å². The number of aryl methyl sites for hydroxylation is 1. The molecular formula is C18H22N4O2. The largest absolute Gasteiger partial charge is 0.462 e. The number of hydrogen-bond donors (Lipinski definition) is 1. The molecule has 0 aliphatic carbocycles. The highest BCUT2D eigenvalue weighted by Crippen LogP contribution is 2.21. The predicted molar refractivity (Wildman–Crippen MR) is 90.1 cm³/mol. The van der Waals surface area contributed by atoms with E-state index < -0.39 is 0 Å². The molecule has 126 valence electrons. The van der Waals surface area contributed by atoms with Gasteiger partial charge in [-0.15, -0.1) is 0 Å². The molecule has 1 N–H and O–H groups in total. The Labute approximate surface area is 141 Å². The van der Waals surface area contributed by atoms with Crippen molar-refractivity contribution in [2.45, 2.75) is 40.0 Å². The van der Waals surface area contributed by atoms with Gasteiger partial charge in [0, 0.05) is 5.56 Å². The third-order valence-corrected chi connectivity index (χ3v) is 3.71. The van der Waals surface area contributed by atoms with E-state index in [2.05, 4.69) is 21.3 Å². The zero-order valence-electron chi connectivity index (χ0n) is 14.3. The van der Waals surface area contributed by atoms with Crippen LogP contribution in [0.3, 0.4) is 0 Å². The Hall–Kier alpha value is -2.68. The lowest BCUT2D eigenvalue weighted by atomic mass is 9.89. The maximum absolute atomic E-state index is 12.0. The van der Waals surface area contributed by atoms with Crippen LogP contribution in [-0.2, 0) is 4.74 Å². The second-order valence-corrected chi connectivity index (χ2v) is 6.41. The maximum Gasteiger partial charge on any atom is 0.338 e. The van der Waals surface area contributed by atoms with Gasteiger partial charge in [-0.1, -0.05) is 12.1 Å². The molecule has 0 atom stereocenters. The quantitative estimate of drug-likeness (QED) is 0.619. The van der Waals surface area contributed by atoms with Gasteiger partial charge in [-0.3, -0.25) is 5.10 Å². The topological polar surface area (TPSA) is 91.7 Å². The first-order chi connectivity index (χ1) is 11.4. The van der Waals surface area contributed by atoms with E-state index >= 15 is 0 Å². The highest BCUT2D eigenvalue weighted by Gasteiger charge is 2.15. The summed E-state index contributed by atoms with van der Waals surface area (Å²) in [4.78, 5) is 16.2. The van der Waals surface area contributed by atoms with Crippen molar-refractivity contribution in [1.82, 2.24) is 15.2 Å². The molecule has 6 nitrogen and oxygen atoms in total. The highest BCUT2D eigenvalue weighted by atomic mass is 16.5. The Kier molecular flexibility index (Phi) is 5.69. The average molecular weight is 326 g/mol. The van der Waals surface area contributed by atoms with E-state index in [9.17, 15) is 4.79 Å². The number of esters is 1. The average Bonchev–Trinajstić information content (AvgIpc) is 3.01. The van der Waals surface area contributed by atoms with Crippen molar-refractivity contribution >= 4 is 5.97 Å². The van der Waals surface area contributed by atoms with Crippen molar-refractivity contribution in [3.63, 3.8) is 0 Å². The van der Waals surface area contributed by atoms with E-state index in [1.807, 2.05) is 20.8 Å². The zero-order valence-corrected chi connectivity index (χ0v) is 14.3. The number of ether oxygens (including phenoxy) is 1. The van der Waals surface area contributed by atoms with Gasteiger partial charge in [0.2, 0.25) is 0 Å². The molecule has 1 heterocycles. The molecule has 0 unspecified atom stereocenters. The fourth-order valence-corrected chi connectivity index (χ4v) is 2.20. The lowest BCUT2D eigenvalue weighted by molar-refractivity contribution is 0.0496. The Bertz CT molecular complexity index is 726. The van der Waals surface area contributed by atoms with Gasteiger partial charge < -0.3 is 4.74 Å². The van der Waals surface area contributed by atoms with Gasteiger partial charge in [-0.05, 0) is 52.2 Å². The summed E-state index contributed by atoms with van der Waals surface area (Å²) in [5, 5.41) is 15.8. The standard InChI is InChI=1S/C18H22N4O2/c1-13-20-16(22-21-13)14-6-8-15(9-7-14)17(23)24-11-5-4-10-18(2,3)12-19/h6-9H,4-5,10-11H2,1-3H3,(H,20,21,22). The van der Waals surface area contributed by atoms with Crippen LogP contribution < -0.4 is 0 Å². The molecule has 0 aliphatic rings. The third kappa shape index (κ3) is 4.92. The molecule has 2 rings (SSSR count). The number of aromatic nitrogens is 3. The normalized spacial score (nSPS) is 11.1. The summed E-state index contributed by atoms with van der Waals surface area (Å²) in [6, 6.07) is 9.29. The Morgan fingerprint density at radius 1 is 1.29 bits per heavy atom. The van der Waals surface area contributed by atoms with Crippen molar-refractivity contribution in [2.24, 2.45) is 5.41 Å². The molecule has 2 aromatic rings. The molecular weight excluding hydrogens is 304 g/mol. The predicted octanol–water partition coefficient (Wildman–Crippen LogP) is 3.66. The van der Waals surface area contributed by atoms with Crippen LogP contribution in [0.4, 0.5) is 0 Å². The van der Waals surface area contributed by atoms with Gasteiger partial charge in [0.25, 0.3) is 0 Å². The van der Waals surface area contributed by atoms with Gasteiger partial charge in [0.05, 0.1) is 23.7 Å². The minimum Gasteiger partial charge on any atom is -0.462 e. The van der Waals surface area contributed by atoms with Crippen molar-refractivity contribution in [2.75, 3.05) is 6.61 Å². The first-order valence-corrected chi connectivity index (χ1v) is 7.99. The smallest absolute Gasteiger partial charge is 0.338 e. The number of benzene rings is 1. The summed E-state index contributed by atoms with van der Waals surface area (Å²) in [5.74, 6) is 1.01. The Morgan fingerprint density at radius 3 is 2.58 bits per heavy atom. The van der Waals surface area contributed by atoms with Crippen LogP contribution in [0, 0.1) is 23.7 Å². The third-order valence-electron chi connectivity index (χ3n) is 3.71. The monoisotopic (exact) mass is 326 g/mol. The zero-order chi connectivity index (χ0) is 17.6. The highest BCUT2D eigenvalue weighted by molar-refractivity contribution is 5.89. The van der Waals surface area contributed by atoms with Crippen molar-refractivity contribution in [1.29, 1.82) is 5.26 Å². The molecule has 0 saturated carbocycles. The number of hydrogen-bond acceptors (Lipinski definition) is 5. The number of nitrogens with one attached hydrogen (secondary N) is 1. The number of nitriles is 1. The number of carbonyl (C=O) groups excluding carboxylic acids is 1. The molecule has 0 spiro atoms. The molecule has 0 saturated heterocycles. The molecule has 1 aromatic heterocycles. The number of unbranched alkanes of at least 4 members (excludes halogenated alkanes) is 1. The van der Waals surface area contributed by atoms with Crippen molar-refractivity contribution in [3.8, 4) is 17.5 Å². The minimum atomic E-state index is -0.340. The minimum absolute atomic E-state index is 0.321. The SMILES string of the molecule is Cc1nc(-c2ccc(C(=O)OCCCCC(C)(C)C#N)cc2)n[nH]1. The summed E-state index contributed by atoms with van der Waals surface area (Å²) in [6.07, 6.45) is 2.41. The fraction of sp³-hybridized carbons (Fsp3) is 0.444. The summed E-state index contributed by atoms with van der Waals surface area (Å²) in [6.45, 7) is 6.02. The van der Waals surface area contributed by atoms with Crippen LogP contribution in [0.25, 0.3) is 11.4 Å². The van der Waals surface area contributed by atoms with Crippen LogP contribution in [0.2, 0.25) is 0 Å². The molecule has 6 heteroatoms. The van der Waals surface area contributed by atoms with E-state index in [-0.39, 0.29) is 11.4 Å². The van der Waals surface area contributed by atoms with Gasteiger partial charge in [0.15, 0.2) is 5.82 Å². The molecule has 1 aromatic carbocycles. The van der Waals surface area contributed by atoms with Crippen LogP contribution in [0.15, 0.2) is 24.3 Å². The Morgan fingerprint density at radius 2 is 2.00 bits per heavy atom. The number of H-pyrrole nitrogens is 1. The van der Waals surface area contributed by atoms with E-state index in [0.29, 0.717) is 18.0 Å². The van der Waals surface area contributed by atoms with Gasteiger partial charge in [-0.2, -0.15) is 10.4 Å². The number of nitrogens with zero attached hydrogens (tertiary/aromatic N) is 3. The van der Waals surface area contributed by atoms with Crippen molar-refractivity contribution in [3.05, 3.63) is 35.7 Å². The number of carbonyl (C=O) groups is 1. The number of rotatable bonds is 7. The number of aromatic amines is 1. The molecule has 0 radical (unpaired) electrons. The van der Waals surface area contributed by atoms with E-state index in [4.69, 9.17) is 10.00 Å². The lowest BCUT2D eigenvalue weighted by Gasteiger charge is -2.14. The second-order valence-electron chi connectivity index (χ2n) is 6.41. The summed E-state index contributed by atoms with van der Waals surface area (Å²) >= 11 is 0. The van der Waals surface area contributed by atoms with E-state index in [1.54, 1.807) is 24.3 Å². The van der Waals surface area contributed by atoms with Crippen LogP contribution in [-0.4, -0.2) is 27.8 Å². The van der Waals surface area contributed by atoms with Crippen LogP contribution >= 0.6 is 0 Å². The van der Waals surface area contributed by atoms with Gasteiger partial charge in [-0.25, -0.2) is 9.78 Å². The molecule has 0 fully saturated rings. The maximum atomic E-state index is 12.0. The first-order valence-electron chi connectivity index (χ1n) is 7.99. The Balaban J connectivity index is 1.80. The van der Waals surface area contributed by atoms with E-state index in [1.165, 1.54) is 0 Å². The fourth-order valence-electron chi connectivity index (χ4n) is 2.20. The molecule has 0 bridgehead atoms. The lowest BCUT2D eigenvalue weighted by Crippen LogP contribution is -2.09.